The Kier molecular flexibility index (Phi) is 5.43. The van der Waals surface area contributed by atoms with Crippen molar-refractivity contribution in [2.75, 3.05) is 36.5 Å². The van der Waals surface area contributed by atoms with Gasteiger partial charge < -0.3 is 20.7 Å². The van der Waals surface area contributed by atoms with Crippen molar-refractivity contribution in [3.63, 3.8) is 0 Å². The van der Waals surface area contributed by atoms with Crippen LogP contribution in [0.2, 0.25) is 0 Å². The quantitative estimate of drug-likeness (QED) is 0.518. The second-order valence-electron chi connectivity index (χ2n) is 7.50. The highest BCUT2D eigenvalue weighted by Gasteiger charge is 2.19. The summed E-state index contributed by atoms with van der Waals surface area (Å²) in [5.74, 6) is 0.542. The van der Waals surface area contributed by atoms with Crippen LogP contribution in [-0.2, 0) is 4.74 Å². The molecular formula is C24H24N6O. The summed E-state index contributed by atoms with van der Waals surface area (Å²) in [6.07, 6.45) is 3.71. The second kappa shape index (κ2) is 8.67. The molecule has 31 heavy (non-hydrogen) atoms. The number of hydrogen-bond acceptors (Lipinski definition) is 7. The Labute approximate surface area is 180 Å². The Morgan fingerprint density at radius 3 is 2.68 bits per heavy atom. The molecule has 0 aliphatic carbocycles. The van der Waals surface area contributed by atoms with Crippen molar-refractivity contribution in [2.45, 2.75) is 6.10 Å². The highest BCUT2D eigenvalue weighted by atomic mass is 16.5. The van der Waals surface area contributed by atoms with Crippen molar-refractivity contribution in [1.82, 2.24) is 15.0 Å². The maximum Gasteiger partial charge on any atom is 0.227 e. The van der Waals surface area contributed by atoms with E-state index in [0.717, 1.165) is 46.6 Å². The monoisotopic (exact) mass is 412 g/mol. The minimum atomic E-state index is 0.0879. The van der Waals surface area contributed by atoms with Gasteiger partial charge in [0, 0.05) is 54.4 Å². The first-order valence-corrected chi connectivity index (χ1v) is 10.4. The average molecular weight is 412 g/mol. The van der Waals surface area contributed by atoms with Gasteiger partial charge in [-0.1, -0.05) is 30.3 Å². The highest BCUT2D eigenvalue weighted by molar-refractivity contribution is 5.91. The molecule has 1 unspecified atom stereocenters. The lowest BCUT2D eigenvalue weighted by Crippen LogP contribution is -2.45. The third kappa shape index (κ3) is 4.19. The molecule has 1 aliphatic rings. The zero-order chi connectivity index (χ0) is 21.0. The number of nitrogens with two attached hydrogens (primary N) is 1. The summed E-state index contributed by atoms with van der Waals surface area (Å²) in [5, 5.41) is 4.27. The first kappa shape index (κ1) is 19.4. The molecule has 0 bridgehead atoms. The Bertz CT molecular complexity index is 1170. The molecule has 0 saturated carbocycles. The molecule has 2 aromatic heterocycles. The minimum absolute atomic E-state index is 0.0879. The van der Waals surface area contributed by atoms with E-state index < -0.39 is 0 Å². The molecule has 1 saturated heterocycles. The van der Waals surface area contributed by atoms with Crippen molar-refractivity contribution in [3.05, 3.63) is 73.1 Å². The number of morpholine rings is 1. The molecule has 5 rings (SSSR count). The van der Waals surface area contributed by atoms with Gasteiger partial charge >= 0.3 is 0 Å². The van der Waals surface area contributed by atoms with Crippen LogP contribution in [0.1, 0.15) is 0 Å². The molecule has 156 valence electrons. The molecule has 2 aromatic carbocycles. The van der Waals surface area contributed by atoms with Gasteiger partial charge in [0.25, 0.3) is 0 Å². The molecule has 0 amide bonds. The number of fused-ring (bicyclic) bond motifs is 1. The SMILES string of the molecule is NCC1CN(c2ccc(Nc3ncc4ccnc(-c5ccccc5)c4n3)cc2)CCO1. The van der Waals surface area contributed by atoms with E-state index >= 15 is 0 Å². The van der Waals surface area contributed by atoms with Crippen molar-refractivity contribution in [2.24, 2.45) is 5.73 Å². The number of anilines is 3. The lowest BCUT2D eigenvalue weighted by Gasteiger charge is -2.34. The molecule has 1 aliphatic heterocycles. The predicted octanol–water partition coefficient (Wildman–Crippen LogP) is 3.60. The molecule has 3 heterocycles. The fourth-order valence-corrected chi connectivity index (χ4v) is 3.80. The first-order valence-electron chi connectivity index (χ1n) is 10.4. The minimum Gasteiger partial charge on any atom is -0.373 e. The van der Waals surface area contributed by atoms with Crippen LogP contribution in [0.4, 0.5) is 17.3 Å². The number of rotatable bonds is 5. The fourth-order valence-electron chi connectivity index (χ4n) is 3.80. The maximum absolute atomic E-state index is 5.76. The van der Waals surface area contributed by atoms with E-state index in [-0.39, 0.29) is 6.10 Å². The Hall–Kier alpha value is -3.55. The predicted molar refractivity (Wildman–Crippen MR) is 124 cm³/mol. The largest absolute Gasteiger partial charge is 0.373 e. The van der Waals surface area contributed by atoms with Gasteiger partial charge in [-0.15, -0.1) is 0 Å². The van der Waals surface area contributed by atoms with Gasteiger partial charge in [-0.3, -0.25) is 4.98 Å². The summed E-state index contributed by atoms with van der Waals surface area (Å²) in [6, 6.07) is 20.3. The number of nitrogens with zero attached hydrogens (tertiary/aromatic N) is 4. The van der Waals surface area contributed by atoms with E-state index in [1.165, 1.54) is 0 Å². The molecule has 3 N–H and O–H groups in total. The first-order chi connectivity index (χ1) is 15.3. The molecule has 0 spiro atoms. The van der Waals surface area contributed by atoms with Crippen LogP contribution in [0.25, 0.3) is 22.2 Å². The number of hydrogen-bond donors (Lipinski definition) is 2. The topological polar surface area (TPSA) is 89.2 Å². The van der Waals surface area contributed by atoms with E-state index in [2.05, 4.69) is 32.3 Å². The van der Waals surface area contributed by atoms with E-state index in [4.69, 9.17) is 15.5 Å². The van der Waals surface area contributed by atoms with Crippen LogP contribution >= 0.6 is 0 Å². The van der Waals surface area contributed by atoms with Crippen LogP contribution in [-0.4, -0.2) is 47.3 Å². The Morgan fingerprint density at radius 1 is 1.03 bits per heavy atom. The third-order valence-corrected chi connectivity index (χ3v) is 5.44. The second-order valence-corrected chi connectivity index (χ2v) is 7.50. The van der Waals surface area contributed by atoms with Crippen LogP contribution in [0.15, 0.2) is 73.1 Å². The van der Waals surface area contributed by atoms with Crippen LogP contribution in [0.5, 0.6) is 0 Å². The van der Waals surface area contributed by atoms with Gasteiger partial charge in [-0.2, -0.15) is 0 Å². The molecule has 7 nitrogen and oxygen atoms in total. The molecule has 7 heteroatoms. The summed E-state index contributed by atoms with van der Waals surface area (Å²) < 4.78 is 5.66. The van der Waals surface area contributed by atoms with Crippen molar-refractivity contribution in [3.8, 4) is 11.3 Å². The smallest absolute Gasteiger partial charge is 0.227 e. The van der Waals surface area contributed by atoms with Gasteiger partial charge in [-0.05, 0) is 30.3 Å². The summed E-state index contributed by atoms with van der Waals surface area (Å²) >= 11 is 0. The summed E-state index contributed by atoms with van der Waals surface area (Å²) in [6.45, 7) is 2.92. The zero-order valence-electron chi connectivity index (χ0n) is 17.1. The van der Waals surface area contributed by atoms with E-state index in [9.17, 15) is 0 Å². The Balaban J connectivity index is 1.38. The average Bonchev–Trinajstić information content (AvgIpc) is 2.85. The van der Waals surface area contributed by atoms with E-state index in [1.807, 2.05) is 54.7 Å². The van der Waals surface area contributed by atoms with Crippen LogP contribution < -0.4 is 16.0 Å². The molecular weight excluding hydrogens is 388 g/mol. The van der Waals surface area contributed by atoms with E-state index in [1.54, 1.807) is 6.20 Å². The molecule has 1 fully saturated rings. The van der Waals surface area contributed by atoms with Crippen LogP contribution in [0, 0.1) is 0 Å². The summed E-state index contributed by atoms with van der Waals surface area (Å²) in [5.41, 5.74) is 10.5. The number of nitrogens with one attached hydrogen (secondary N) is 1. The van der Waals surface area contributed by atoms with Gasteiger partial charge in [0.1, 0.15) is 5.52 Å². The molecule has 1 atom stereocenters. The fraction of sp³-hybridized carbons (Fsp3) is 0.208. The van der Waals surface area contributed by atoms with Crippen molar-refractivity contribution < 1.29 is 4.74 Å². The Morgan fingerprint density at radius 2 is 1.87 bits per heavy atom. The third-order valence-electron chi connectivity index (χ3n) is 5.44. The van der Waals surface area contributed by atoms with Crippen molar-refractivity contribution in [1.29, 1.82) is 0 Å². The standard InChI is InChI=1S/C24H24N6O/c25-14-21-16-30(12-13-31-21)20-8-6-19(7-9-20)28-24-27-15-18-10-11-26-22(23(18)29-24)17-4-2-1-3-5-17/h1-11,15,21H,12-14,16,25H2,(H,27,28,29). The number of pyridine rings is 1. The molecule has 4 aromatic rings. The molecule has 0 radical (unpaired) electrons. The number of benzene rings is 2. The van der Waals surface area contributed by atoms with Gasteiger partial charge in [0.05, 0.1) is 18.4 Å². The lowest BCUT2D eigenvalue weighted by molar-refractivity contribution is 0.0466. The lowest BCUT2D eigenvalue weighted by atomic mass is 10.1. The van der Waals surface area contributed by atoms with Crippen LogP contribution in [0.3, 0.4) is 0 Å². The summed E-state index contributed by atoms with van der Waals surface area (Å²) in [7, 11) is 0. The maximum atomic E-state index is 5.76. The normalized spacial score (nSPS) is 16.4. The highest BCUT2D eigenvalue weighted by Crippen LogP contribution is 2.26. The van der Waals surface area contributed by atoms with Gasteiger partial charge in [-0.25, -0.2) is 9.97 Å². The van der Waals surface area contributed by atoms with Gasteiger partial charge in [0.15, 0.2) is 0 Å². The number of aromatic nitrogens is 3. The number of ether oxygens (including phenoxy) is 1. The van der Waals surface area contributed by atoms with E-state index in [0.29, 0.717) is 19.1 Å². The van der Waals surface area contributed by atoms with Crippen molar-refractivity contribution >= 4 is 28.2 Å². The zero-order valence-corrected chi connectivity index (χ0v) is 17.1. The van der Waals surface area contributed by atoms with Gasteiger partial charge in [0.2, 0.25) is 5.95 Å². The summed E-state index contributed by atoms with van der Waals surface area (Å²) in [4.78, 5) is 16.1.